The van der Waals surface area contributed by atoms with Crippen LogP contribution in [0.1, 0.15) is 18.1 Å². The Labute approximate surface area is 165 Å². The molecule has 2 N–H and O–H groups in total. The first-order chi connectivity index (χ1) is 13.7. The minimum absolute atomic E-state index is 0.0458. The molecule has 1 atom stereocenters. The maximum absolute atomic E-state index is 12.4. The Morgan fingerprint density at radius 3 is 2.68 bits per heavy atom. The highest BCUT2D eigenvalue weighted by atomic mass is 16.1. The predicted molar refractivity (Wildman–Crippen MR) is 108 cm³/mol. The SMILES string of the molecule is CC(C(=O)NCc1ccccc1-c1ccc(Cn2cncn2)cc1)C1CNC1. The molecule has 144 valence electrons. The van der Waals surface area contributed by atoms with E-state index in [9.17, 15) is 4.79 Å². The van der Waals surface area contributed by atoms with Crippen LogP contribution in [0.4, 0.5) is 0 Å². The first-order valence-electron chi connectivity index (χ1n) is 9.69. The molecule has 0 bridgehead atoms. The third kappa shape index (κ3) is 4.12. The zero-order chi connectivity index (χ0) is 19.3. The first-order valence-corrected chi connectivity index (χ1v) is 9.69. The van der Waals surface area contributed by atoms with Gasteiger partial charge in [0.15, 0.2) is 0 Å². The number of rotatable bonds is 7. The molecule has 3 aromatic rings. The normalized spacial score (nSPS) is 15.0. The first kappa shape index (κ1) is 18.4. The van der Waals surface area contributed by atoms with Crippen molar-refractivity contribution in [1.29, 1.82) is 0 Å². The summed E-state index contributed by atoms with van der Waals surface area (Å²) >= 11 is 0. The van der Waals surface area contributed by atoms with Crippen LogP contribution >= 0.6 is 0 Å². The van der Waals surface area contributed by atoms with Crippen molar-refractivity contribution >= 4 is 5.91 Å². The molecular weight excluding hydrogens is 350 g/mol. The average molecular weight is 375 g/mol. The maximum atomic E-state index is 12.4. The Balaban J connectivity index is 1.44. The monoisotopic (exact) mass is 375 g/mol. The fraction of sp³-hybridized carbons (Fsp3) is 0.318. The minimum atomic E-state index is 0.0458. The Bertz CT molecular complexity index is 916. The van der Waals surface area contributed by atoms with E-state index in [2.05, 4.69) is 57.1 Å². The molecule has 0 radical (unpaired) electrons. The maximum Gasteiger partial charge on any atom is 0.223 e. The van der Waals surface area contributed by atoms with E-state index >= 15 is 0 Å². The molecule has 1 aliphatic heterocycles. The molecular formula is C22H25N5O. The second-order valence-corrected chi connectivity index (χ2v) is 7.37. The number of carbonyl (C=O) groups excluding carboxylic acids is 1. The molecule has 28 heavy (non-hydrogen) atoms. The summed E-state index contributed by atoms with van der Waals surface area (Å²) in [6, 6.07) is 16.7. The van der Waals surface area contributed by atoms with Crippen molar-refractivity contribution < 1.29 is 4.79 Å². The fourth-order valence-electron chi connectivity index (χ4n) is 3.47. The third-order valence-corrected chi connectivity index (χ3v) is 5.48. The van der Waals surface area contributed by atoms with Gasteiger partial charge in [0.25, 0.3) is 0 Å². The van der Waals surface area contributed by atoms with Crippen molar-refractivity contribution in [2.24, 2.45) is 11.8 Å². The summed E-state index contributed by atoms with van der Waals surface area (Å²) in [5.41, 5.74) is 4.58. The van der Waals surface area contributed by atoms with Gasteiger partial charge in [-0.3, -0.25) is 4.79 Å². The number of hydrogen-bond donors (Lipinski definition) is 2. The van der Waals surface area contributed by atoms with Gasteiger partial charge >= 0.3 is 0 Å². The molecule has 1 aliphatic rings. The highest BCUT2D eigenvalue weighted by Gasteiger charge is 2.28. The van der Waals surface area contributed by atoms with Crippen LogP contribution in [-0.2, 0) is 17.9 Å². The van der Waals surface area contributed by atoms with Crippen LogP contribution in [0.3, 0.4) is 0 Å². The van der Waals surface area contributed by atoms with Crippen LogP contribution < -0.4 is 10.6 Å². The van der Waals surface area contributed by atoms with Crippen LogP contribution in [0.25, 0.3) is 11.1 Å². The van der Waals surface area contributed by atoms with Crippen LogP contribution in [0, 0.1) is 11.8 Å². The lowest BCUT2D eigenvalue weighted by Crippen LogP contribution is -2.49. The molecule has 1 aromatic heterocycles. The van der Waals surface area contributed by atoms with Crippen LogP contribution in [0.5, 0.6) is 0 Å². The smallest absolute Gasteiger partial charge is 0.223 e. The molecule has 2 heterocycles. The molecule has 0 aliphatic carbocycles. The zero-order valence-electron chi connectivity index (χ0n) is 16.0. The summed E-state index contributed by atoms with van der Waals surface area (Å²) in [6.45, 7) is 5.13. The van der Waals surface area contributed by atoms with Gasteiger partial charge in [-0.15, -0.1) is 0 Å². The second-order valence-electron chi connectivity index (χ2n) is 7.37. The fourth-order valence-corrected chi connectivity index (χ4v) is 3.47. The van der Waals surface area contributed by atoms with Crippen molar-refractivity contribution in [3.05, 3.63) is 72.3 Å². The van der Waals surface area contributed by atoms with Gasteiger partial charge < -0.3 is 10.6 Å². The summed E-state index contributed by atoms with van der Waals surface area (Å²) in [5, 5.41) is 10.5. The molecule has 1 amide bonds. The predicted octanol–water partition coefficient (Wildman–Crippen LogP) is 2.47. The van der Waals surface area contributed by atoms with Crippen molar-refractivity contribution in [1.82, 2.24) is 25.4 Å². The number of benzene rings is 2. The number of hydrogen-bond acceptors (Lipinski definition) is 4. The molecule has 0 saturated carbocycles. The van der Waals surface area contributed by atoms with Gasteiger partial charge in [-0.2, -0.15) is 5.10 Å². The summed E-state index contributed by atoms with van der Waals surface area (Å²) in [7, 11) is 0. The number of nitrogens with one attached hydrogen (secondary N) is 2. The van der Waals surface area contributed by atoms with Crippen molar-refractivity contribution in [2.75, 3.05) is 13.1 Å². The average Bonchev–Trinajstić information content (AvgIpc) is 3.18. The molecule has 2 aromatic carbocycles. The molecule has 1 fully saturated rings. The second kappa shape index (κ2) is 8.35. The molecule has 1 unspecified atom stereocenters. The van der Waals surface area contributed by atoms with Gasteiger partial charge in [-0.1, -0.05) is 55.5 Å². The lowest BCUT2D eigenvalue weighted by molar-refractivity contribution is -0.126. The number of carbonyl (C=O) groups is 1. The van der Waals surface area contributed by atoms with Gasteiger partial charge in [0, 0.05) is 12.5 Å². The number of aromatic nitrogens is 3. The molecule has 1 saturated heterocycles. The largest absolute Gasteiger partial charge is 0.352 e. The highest BCUT2D eigenvalue weighted by molar-refractivity contribution is 5.79. The van der Waals surface area contributed by atoms with Gasteiger partial charge in [0.05, 0.1) is 6.54 Å². The summed E-state index contributed by atoms with van der Waals surface area (Å²) in [5.74, 6) is 0.627. The summed E-state index contributed by atoms with van der Waals surface area (Å²) < 4.78 is 1.80. The third-order valence-electron chi connectivity index (χ3n) is 5.48. The topological polar surface area (TPSA) is 71.8 Å². The van der Waals surface area contributed by atoms with E-state index in [0.717, 1.165) is 29.8 Å². The quantitative estimate of drug-likeness (QED) is 0.665. The van der Waals surface area contributed by atoms with E-state index < -0.39 is 0 Å². The summed E-state index contributed by atoms with van der Waals surface area (Å²) in [4.78, 5) is 16.4. The van der Waals surface area contributed by atoms with Crippen LogP contribution in [0.15, 0.2) is 61.2 Å². The van der Waals surface area contributed by atoms with Gasteiger partial charge in [-0.25, -0.2) is 9.67 Å². The van der Waals surface area contributed by atoms with E-state index in [1.54, 1.807) is 17.3 Å². The van der Waals surface area contributed by atoms with E-state index in [1.165, 1.54) is 5.56 Å². The lowest BCUT2D eigenvalue weighted by Gasteiger charge is -2.31. The highest BCUT2D eigenvalue weighted by Crippen LogP contribution is 2.24. The van der Waals surface area contributed by atoms with Crippen molar-refractivity contribution in [3.8, 4) is 11.1 Å². The Morgan fingerprint density at radius 1 is 1.21 bits per heavy atom. The minimum Gasteiger partial charge on any atom is -0.352 e. The van der Waals surface area contributed by atoms with Crippen molar-refractivity contribution in [2.45, 2.75) is 20.0 Å². The summed E-state index contributed by atoms with van der Waals surface area (Å²) in [6.07, 6.45) is 3.26. The van der Waals surface area contributed by atoms with E-state index in [1.807, 2.05) is 19.1 Å². The van der Waals surface area contributed by atoms with E-state index in [0.29, 0.717) is 19.0 Å². The van der Waals surface area contributed by atoms with Gasteiger partial charge in [0.2, 0.25) is 5.91 Å². The molecule has 4 rings (SSSR count). The molecule has 6 nitrogen and oxygen atoms in total. The Kier molecular flexibility index (Phi) is 5.48. The number of nitrogens with zero attached hydrogens (tertiary/aromatic N) is 3. The Hall–Kier alpha value is -2.99. The molecule has 6 heteroatoms. The molecule has 0 spiro atoms. The zero-order valence-corrected chi connectivity index (χ0v) is 16.0. The Morgan fingerprint density at radius 2 is 2.00 bits per heavy atom. The van der Waals surface area contributed by atoms with E-state index in [-0.39, 0.29) is 11.8 Å². The van der Waals surface area contributed by atoms with E-state index in [4.69, 9.17) is 0 Å². The van der Waals surface area contributed by atoms with Crippen LogP contribution in [-0.4, -0.2) is 33.8 Å². The van der Waals surface area contributed by atoms with Crippen LogP contribution in [0.2, 0.25) is 0 Å². The van der Waals surface area contributed by atoms with Crippen molar-refractivity contribution in [3.63, 3.8) is 0 Å². The standard InChI is InChI=1S/C22H25N5O/c1-16(20-10-23-11-20)22(28)25-12-19-4-2-3-5-21(19)18-8-6-17(7-9-18)13-27-15-24-14-26-27/h2-9,14-16,20,23H,10-13H2,1H3,(H,25,28). The van der Waals surface area contributed by atoms with Gasteiger partial charge in [-0.05, 0) is 41.3 Å². The van der Waals surface area contributed by atoms with Gasteiger partial charge in [0.1, 0.15) is 12.7 Å². The lowest BCUT2D eigenvalue weighted by atomic mass is 9.88. The number of amides is 1.